The number of hydrogen-bond acceptors (Lipinski definition) is 5. The van der Waals surface area contributed by atoms with Crippen molar-refractivity contribution in [1.29, 1.82) is 0 Å². The van der Waals surface area contributed by atoms with Crippen LogP contribution in [0.25, 0.3) is 0 Å². The minimum Gasteiger partial charge on any atom is -0.478 e. The van der Waals surface area contributed by atoms with Crippen molar-refractivity contribution in [3.8, 4) is 0 Å². The zero-order chi connectivity index (χ0) is 13.4. The van der Waals surface area contributed by atoms with Gasteiger partial charge in [0.1, 0.15) is 0 Å². The Morgan fingerprint density at radius 1 is 0.938 bits per heavy atom. The van der Waals surface area contributed by atoms with E-state index in [1.54, 1.807) is 0 Å². The number of aliphatic hydroxyl groups is 4. The van der Waals surface area contributed by atoms with E-state index in [1.807, 2.05) is 0 Å². The zero-order valence-electron chi connectivity index (χ0n) is 9.59. The molecule has 16 heavy (non-hydrogen) atoms. The van der Waals surface area contributed by atoms with Crippen molar-refractivity contribution in [2.45, 2.75) is 19.8 Å². The molecule has 6 nitrogen and oxygen atoms in total. The molecular formula is C10H22O6. The Morgan fingerprint density at radius 3 is 1.12 bits per heavy atom. The normalized spacial score (nSPS) is 8.06. The average Bonchev–Trinajstić information content (AvgIpc) is 2.22. The third kappa shape index (κ3) is 38.1. The van der Waals surface area contributed by atoms with E-state index in [1.165, 1.54) is 6.92 Å². The molecule has 0 fully saturated rings. The summed E-state index contributed by atoms with van der Waals surface area (Å²) in [6, 6.07) is 0. The Bertz CT molecular complexity index is 135. The summed E-state index contributed by atoms with van der Waals surface area (Å²) >= 11 is 0. The third-order valence-corrected chi connectivity index (χ3v) is 0.998. The van der Waals surface area contributed by atoms with Gasteiger partial charge in [0.15, 0.2) is 0 Å². The first-order valence-corrected chi connectivity index (χ1v) is 4.80. The summed E-state index contributed by atoms with van der Waals surface area (Å²) < 4.78 is 0. The first kappa shape index (κ1) is 20.5. The largest absolute Gasteiger partial charge is 0.478 e. The first-order valence-electron chi connectivity index (χ1n) is 4.80. The third-order valence-electron chi connectivity index (χ3n) is 0.998. The fraction of sp³-hybridized carbons (Fsp3) is 0.700. The molecule has 0 radical (unpaired) electrons. The van der Waals surface area contributed by atoms with Crippen molar-refractivity contribution in [2.24, 2.45) is 0 Å². The fourth-order valence-corrected chi connectivity index (χ4v) is 0.141. The number of carbonyl (C=O) groups is 1. The van der Waals surface area contributed by atoms with Gasteiger partial charge in [-0.05, 0) is 19.8 Å². The van der Waals surface area contributed by atoms with Crippen LogP contribution in [0.2, 0.25) is 0 Å². The molecule has 0 saturated carbocycles. The van der Waals surface area contributed by atoms with Crippen LogP contribution in [0, 0.1) is 0 Å². The van der Waals surface area contributed by atoms with Crippen LogP contribution >= 0.6 is 0 Å². The Morgan fingerprint density at radius 2 is 1.12 bits per heavy atom. The molecule has 5 N–H and O–H groups in total. The Hall–Kier alpha value is -0.950. The summed E-state index contributed by atoms with van der Waals surface area (Å²) in [5.74, 6) is -0.935. The summed E-state index contributed by atoms with van der Waals surface area (Å²) in [6.45, 7) is 4.98. The van der Waals surface area contributed by atoms with Crippen molar-refractivity contribution in [3.05, 3.63) is 12.2 Å². The lowest BCUT2D eigenvalue weighted by Gasteiger charge is -1.79. The number of carboxylic acids is 1. The van der Waals surface area contributed by atoms with Gasteiger partial charge in [-0.2, -0.15) is 0 Å². The fourth-order valence-electron chi connectivity index (χ4n) is 0.141. The zero-order valence-corrected chi connectivity index (χ0v) is 9.59. The van der Waals surface area contributed by atoms with E-state index in [2.05, 4.69) is 6.58 Å². The Labute approximate surface area is 95.5 Å². The highest BCUT2D eigenvalue weighted by molar-refractivity contribution is 5.84. The SMILES string of the molecule is C=C(C)C(=O)O.OCCCO.OCCCO. The lowest BCUT2D eigenvalue weighted by molar-refractivity contribution is -0.132. The summed E-state index contributed by atoms with van der Waals surface area (Å²) in [4.78, 5) is 9.60. The predicted octanol–water partition coefficient (Wildman–Crippen LogP) is -0.631. The Balaban J connectivity index is -0.000000160. The van der Waals surface area contributed by atoms with Crippen molar-refractivity contribution < 1.29 is 30.3 Å². The van der Waals surface area contributed by atoms with Gasteiger partial charge in [0.25, 0.3) is 0 Å². The van der Waals surface area contributed by atoms with Gasteiger partial charge in [0.05, 0.1) is 0 Å². The molecule has 0 bridgehead atoms. The van der Waals surface area contributed by atoms with Crippen molar-refractivity contribution in [3.63, 3.8) is 0 Å². The van der Waals surface area contributed by atoms with Gasteiger partial charge in [-0.1, -0.05) is 6.58 Å². The van der Waals surface area contributed by atoms with Crippen LogP contribution in [-0.2, 0) is 4.79 Å². The maximum atomic E-state index is 9.60. The van der Waals surface area contributed by atoms with Crippen molar-refractivity contribution in [1.82, 2.24) is 0 Å². The predicted molar refractivity (Wildman–Crippen MR) is 60.0 cm³/mol. The maximum absolute atomic E-state index is 9.60. The van der Waals surface area contributed by atoms with Gasteiger partial charge in [0.2, 0.25) is 0 Å². The van der Waals surface area contributed by atoms with E-state index in [9.17, 15) is 4.79 Å². The van der Waals surface area contributed by atoms with Gasteiger partial charge in [-0.25, -0.2) is 4.79 Å². The molecule has 0 aromatic carbocycles. The number of hydrogen-bond donors (Lipinski definition) is 5. The second-order valence-electron chi connectivity index (χ2n) is 2.69. The highest BCUT2D eigenvalue weighted by atomic mass is 16.4. The van der Waals surface area contributed by atoms with E-state index in [0.29, 0.717) is 12.8 Å². The van der Waals surface area contributed by atoms with Gasteiger partial charge < -0.3 is 25.5 Å². The van der Waals surface area contributed by atoms with Crippen LogP contribution in [0.3, 0.4) is 0 Å². The van der Waals surface area contributed by atoms with Gasteiger partial charge in [0, 0.05) is 32.0 Å². The van der Waals surface area contributed by atoms with E-state index in [4.69, 9.17) is 25.5 Å². The highest BCUT2D eigenvalue weighted by Crippen LogP contribution is 1.81. The van der Waals surface area contributed by atoms with Crippen molar-refractivity contribution in [2.75, 3.05) is 26.4 Å². The van der Waals surface area contributed by atoms with Crippen LogP contribution in [0.1, 0.15) is 19.8 Å². The maximum Gasteiger partial charge on any atom is 0.330 e. The molecule has 0 aromatic heterocycles. The standard InChI is InChI=1S/C4H6O2.2C3H8O2/c1-3(2)4(5)6;2*4-2-1-3-5/h1H2,2H3,(H,5,6);2*4-5H,1-3H2. The second-order valence-corrected chi connectivity index (χ2v) is 2.69. The lowest BCUT2D eigenvalue weighted by atomic mass is 10.4. The van der Waals surface area contributed by atoms with Crippen LogP contribution in [0.15, 0.2) is 12.2 Å². The van der Waals surface area contributed by atoms with E-state index in [-0.39, 0.29) is 32.0 Å². The Kier molecular flexibility index (Phi) is 25.1. The quantitative estimate of drug-likeness (QED) is 0.407. The molecule has 0 saturated heterocycles. The molecule has 0 amide bonds. The molecule has 0 aliphatic rings. The molecule has 0 atom stereocenters. The number of aliphatic carboxylic acids is 1. The van der Waals surface area contributed by atoms with E-state index < -0.39 is 5.97 Å². The topological polar surface area (TPSA) is 118 Å². The summed E-state index contributed by atoms with van der Waals surface area (Å²) in [6.07, 6.45) is 1.00. The minimum atomic E-state index is -0.935. The number of rotatable bonds is 5. The minimum absolute atomic E-state index is 0.0938. The molecule has 0 rings (SSSR count). The van der Waals surface area contributed by atoms with Crippen molar-refractivity contribution >= 4 is 5.97 Å². The highest BCUT2D eigenvalue weighted by Gasteiger charge is 1.90. The number of carboxylic acid groups (broad SMARTS) is 1. The molecule has 0 aliphatic heterocycles. The summed E-state index contributed by atoms with van der Waals surface area (Å²) in [7, 11) is 0. The van der Waals surface area contributed by atoms with Crippen LogP contribution in [-0.4, -0.2) is 57.9 Å². The monoisotopic (exact) mass is 238 g/mol. The van der Waals surface area contributed by atoms with Crippen LogP contribution < -0.4 is 0 Å². The molecule has 0 heterocycles. The molecule has 6 heteroatoms. The molecule has 0 aromatic rings. The molecule has 98 valence electrons. The van der Waals surface area contributed by atoms with Gasteiger partial charge in [-0.15, -0.1) is 0 Å². The number of aliphatic hydroxyl groups excluding tert-OH is 4. The first-order chi connectivity index (χ1) is 7.47. The summed E-state index contributed by atoms with van der Waals surface area (Å²) in [5, 5.41) is 39.5. The van der Waals surface area contributed by atoms with Gasteiger partial charge >= 0.3 is 5.97 Å². The van der Waals surface area contributed by atoms with Crippen LogP contribution in [0.5, 0.6) is 0 Å². The summed E-state index contributed by atoms with van der Waals surface area (Å²) in [5.41, 5.74) is 0.176. The van der Waals surface area contributed by atoms with E-state index >= 15 is 0 Å². The van der Waals surface area contributed by atoms with Gasteiger partial charge in [-0.3, -0.25) is 0 Å². The van der Waals surface area contributed by atoms with E-state index in [0.717, 1.165) is 0 Å². The smallest absolute Gasteiger partial charge is 0.330 e. The average molecular weight is 238 g/mol. The molecule has 0 unspecified atom stereocenters. The van der Waals surface area contributed by atoms with Crippen LogP contribution in [0.4, 0.5) is 0 Å². The lowest BCUT2D eigenvalue weighted by Crippen LogP contribution is -1.92. The molecular weight excluding hydrogens is 216 g/mol. The second kappa shape index (κ2) is 19.6. The molecule has 0 aliphatic carbocycles. The molecule has 0 spiro atoms.